The first-order chi connectivity index (χ1) is 9.85. The van der Waals surface area contributed by atoms with E-state index in [0.29, 0.717) is 0 Å². The van der Waals surface area contributed by atoms with Gasteiger partial charge in [0.15, 0.2) is 11.2 Å². The van der Waals surface area contributed by atoms with Gasteiger partial charge in [-0.2, -0.15) is 0 Å². The predicted octanol–water partition coefficient (Wildman–Crippen LogP) is 0.698. The van der Waals surface area contributed by atoms with Gasteiger partial charge in [-0.05, 0) is 26.0 Å². The normalized spacial score (nSPS) is 34.8. The summed E-state index contributed by atoms with van der Waals surface area (Å²) in [6.45, 7) is 3.11. The highest BCUT2D eigenvalue weighted by molar-refractivity contribution is 7.92. The molecule has 3 rings (SSSR count). The van der Waals surface area contributed by atoms with E-state index in [1.807, 2.05) is 0 Å². The molecule has 2 aliphatic heterocycles. The topological polar surface area (TPSA) is 82.1 Å². The average Bonchev–Trinajstić information content (AvgIpc) is 2.92. The van der Waals surface area contributed by atoms with Crippen LogP contribution in [0.4, 0.5) is 0 Å². The Morgan fingerprint density at radius 2 is 1.76 bits per heavy atom. The molecule has 116 valence electrons. The van der Waals surface area contributed by atoms with E-state index in [9.17, 15) is 13.5 Å². The molecule has 0 amide bonds. The third kappa shape index (κ3) is 2.49. The molecule has 0 radical (unpaired) electrons. The molecule has 0 aromatic heterocycles. The number of rotatable bonds is 3. The fourth-order valence-corrected chi connectivity index (χ4v) is 4.44. The zero-order chi connectivity index (χ0) is 15.3. The van der Waals surface area contributed by atoms with Crippen molar-refractivity contribution in [2.24, 2.45) is 0 Å². The second-order valence-electron chi connectivity index (χ2n) is 5.65. The van der Waals surface area contributed by atoms with Crippen molar-refractivity contribution in [3.63, 3.8) is 0 Å². The summed E-state index contributed by atoms with van der Waals surface area (Å²) < 4.78 is 42.3. The third-order valence-corrected chi connectivity index (χ3v) is 5.58. The number of aliphatic hydroxyl groups is 1. The molecule has 0 bridgehead atoms. The molecule has 1 aromatic carbocycles. The third-order valence-electron chi connectivity index (χ3n) is 3.66. The van der Waals surface area contributed by atoms with Gasteiger partial charge in [0.05, 0.1) is 11.5 Å². The number of ether oxygens (including phenoxy) is 3. The van der Waals surface area contributed by atoms with Gasteiger partial charge in [0, 0.05) is 0 Å². The van der Waals surface area contributed by atoms with Gasteiger partial charge in [-0.15, -0.1) is 0 Å². The summed E-state index contributed by atoms with van der Waals surface area (Å²) in [5.41, 5.74) is -1.18. The second kappa shape index (κ2) is 5.03. The van der Waals surface area contributed by atoms with Gasteiger partial charge < -0.3 is 19.3 Å². The molecule has 0 spiro atoms. The molecule has 6 nitrogen and oxygen atoms in total. The highest BCUT2D eigenvalue weighted by Gasteiger charge is 2.59. The zero-order valence-corrected chi connectivity index (χ0v) is 12.6. The lowest BCUT2D eigenvalue weighted by Gasteiger charge is -2.23. The van der Waals surface area contributed by atoms with Crippen LogP contribution in [-0.4, -0.2) is 49.7 Å². The molecule has 21 heavy (non-hydrogen) atoms. The van der Waals surface area contributed by atoms with Gasteiger partial charge >= 0.3 is 0 Å². The van der Waals surface area contributed by atoms with Crippen molar-refractivity contribution in [3.8, 4) is 0 Å². The van der Waals surface area contributed by atoms with Crippen molar-refractivity contribution in [3.05, 3.63) is 30.3 Å². The van der Waals surface area contributed by atoms with Crippen LogP contribution < -0.4 is 0 Å². The molecule has 0 saturated carbocycles. The Balaban J connectivity index is 1.96. The summed E-state index contributed by atoms with van der Waals surface area (Å²) >= 11 is 0. The van der Waals surface area contributed by atoms with Gasteiger partial charge in [0.2, 0.25) is 9.84 Å². The standard InChI is InChI=1S/C14H18O6S/c1-14(2)19-11-10(8-15)18-13(12(11)20-14)21(16,17)9-6-4-3-5-7-9/h3-7,10-13,15H,8H2,1-2H3/t10-,11?,12?,13?/m1/s1. The lowest BCUT2D eigenvalue weighted by atomic mass is 10.2. The van der Waals surface area contributed by atoms with Crippen LogP contribution in [-0.2, 0) is 24.0 Å². The SMILES string of the molecule is CC1(C)OC2C(O1)[C@@H](CO)OC2S(=O)(=O)c1ccccc1. The van der Waals surface area contributed by atoms with Gasteiger partial charge in [-0.25, -0.2) is 8.42 Å². The predicted molar refractivity (Wildman–Crippen MR) is 73.2 cm³/mol. The van der Waals surface area contributed by atoms with E-state index in [4.69, 9.17) is 14.2 Å². The van der Waals surface area contributed by atoms with Crippen molar-refractivity contribution in [2.75, 3.05) is 6.61 Å². The number of benzene rings is 1. The Kier molecular flexibility index (Phi) is 3.58. The van der Waals surface area contributed by atoms with Gasteiger partial charge in [0.1, 0.15) is 18.3 Å². The fourth-order valence-electron chi connectivity index (χ4n) is 2.78. The molecule has 7 heteroatoms. The molecule has 0 aliphatic carbocycles. The summed E-state index contributed by atoms with van der Waals surface area (Å²) in [5, 5.41) is 9.38. The molecule has 2 aliphatic rings. The molecule has 1 N–H and O–H groups in total. The lowest BCUT2D eigenvalue weighted by Crippen LogP contribution is -2.35. The number of aliphatic hydroxyl groups excluding tert-OH is 1. The fraction of sp³-hybridized carbons (Fsp3) is 0.571. The summed E-state index contributed by atoms with van der Waals surface area (Å²) in [6, 6.07) is 8.07. The summed E-state index contributed by atoms with van der Waals surface area (Å²) in [6.07, 6.45) is -2.05. The van der Waals surface area contributed by atoms with Crippen LogP contribution in [0.5, 0.6) is 0 Å². The zero-order valence-electron chi connectivity index (χ0n) is 11.8. The van der Waals surface area contributed by atoms with Crippen molar-refractivity contribution in [1.29, 1.82) is 0 Å². The van der Waals surface area contributed by atoms with E-state index >= 15 is 0 Å². The highest BCUT2D eigenvalue weighted by atomic mass is 32.2. The number of hydrogen-bond donors (Lipinski definition) is 1. The van der Waals surface area contributed by atoms with E-state index < -0.39 is 39.4 Å². The number of hydrogen-bond acceptors (Lipinski definition) is 6. The first-order valence-electron chi connectivity index (χ1n) is 6.76. The van der Waals surface area contributed by atoms with E-state index in [0.717, 1.165) is 0 Å². The summed E-state index contributed by atoms with van der Waals surface area (Å²) in [4.78, 5) is 0.167. The Morgan fingerprint density at radius 1 is 1.14 bits per heavy atom. The molecule has 3 unspecified atom stereocenters. The average molecular weight is 314 g/mol. The van der Waals surface area contributed by atoms with E-state index in [-0.39, 0.29) is 11.5 Å². The van der Waals surface area contributed by atoms with Crippen LogP contribution in [0.1, 0.15) is 13.8 Å². The molecule has 1 aromatic rings. The van der Waals surface area contributed by atoms with E-state index in [1.165, 1.54) is 12.1 Å². The molecular formula is C14H18O6S. The largest absolute Gasteiger partial charge is 0.394 e. The van der Waals surface area contributed by atoms with Crippen molar-refractivity contribution in [1.82, 2.24) is 0 Å². The Morgan fingerprint density at radius 3 is 2.38 bits per heavy atom. The Hall–Kier alpha value is -0.990. The monoisotopic (exact) mass is 314 g/mol. The molecule has 2 saturated heterocycles. The quantitative estimate of drug-likeness (QED) is 0.884. The van der Waals surface area contributed by atoms with Crippen LogP contribution in [0, 0.1) is 0 Å². The number of fused-ring (bicyclic) bond motifs is 1. The number of sulfone groups is 1. The molecular weight excluding hydrogens is 296 g/mol. The Labute approximate surface area is 123 Å². The summed E-state index contributed by atoms with van der Waals surface area (Å²) in [5.74, 6) is -0.892. The van der Waals surface area contributed by atoms with Crippen molar-refractivity contribution >= 4 is 9.84 Å². The maximum absolute atomic E-state index is 12.7. The van der Waals surface area contributed by atoms with Crippen molar-refractivity contribution in [2.45, 2.75) is 48.3 Å². The minimum absolute atomic E-state index is 0.167. The lowest BCUT2D eigenvalue weighted by molar-refractivity contribution is -0.181. The van der Waals surface area contributed by atoms with E-state index in [2.05, 4.69) is 0 Å². The first kappa shape index (κ1) is 14.9. The highest BCUT2D eigenvalue weighted by Crippen LogP contribution is 2.41. The van der Waals surface area contributed by atoms with Gasteiger partial charge in [0.25, 0.3) is 0 Å². The van der Waals surface area contributed by atoms with Crippen LogP contribution in [0.25, 0.3) is 0 Å². The van der Waals surface area contributed by atoms with Crippen molar-refractivity contribution < 1.29 is 27.7 Å². The summed E-state index contributed by atoms with van der Waals surface area (Å²) in [7, 11) is -3.72. The van der Waals surface area contributed by atoms with Gasteiger partial charge in [-0.1, -0.05) is 18.2 Å². The second-order valence-corrected chi connectivity index (χ2v) is 7.67. The smallest absolute Gasteiger partial charge is 0.207 e. The molecule has 2 heterocycles. The maximum Gasteiger partial charge on any atom is 0.207 e. The minimum Gasteiger partial charge on any atom is -0.394 e. The van der Waals surface area contributed by atoms with Crippen LogP contribution >= 0.6 is 0 Å². The maximum atomic E-state index is 12.7. The van der Waals surface area contributed by atoms with E-state index in [1.54, 1.807) is 32.0 Å². The molecule has 2 fully saturated rings. The van der Waals surface area contributed by atoms with Crippen LogP contribution in [0.3, 0.4) is 0 Å². The van der Waals surface area contributed by atoms with Crippen LogP contribution in [0.15, 0.2) is 35.2 Å². The molecule has 4 atom stereocenters. The minimum atomic E-state index is -3.72. The van der Waals surface area contributed by atoms with Crippen LogP contribution in [0.2, 0.25) is 0 Å². The van der Waals surface area contributed by atoms with Gasteiger partial charge in [-0.3, -0.25) is 0 Å². The Bertz CT molecular complexity index is 612. The first-order valence-corrected chi connectivity index (χ1v) is 8.31.